The first-order chi connectivity index (χ1) is 12.3. The normalized spacial score (nSPS) is 15.8. The molecule has 2 aromatic rings. The average Bonchev–Trinajstić information content (AvgIpc) is 3.17. The molecule has 5 nitrogen and oxygen atoms in total. The average molecular weight is 353 g/mol. The molecule has 3 rings (SSSR count). The second-order valence-electron chi connectivity index (χ2n) is 6.05. The molecule has 0 radical (unpaired) electrons. The molecular weight excluding hydrogens is 330 g/mol. The second-order valence-corrected chi connectivity index (χ2v) is 7.08. The van der Waals surface area contributed by atoms with E-state index in [9.17, 15) is 0 Å². The Hall–Kier alpha value is -2.36. The van der Waals surface area contributed by atoms with Crippen molar-refractivity contribution in [1.29, 1.82) is 5.26 Å². The van der Waals surface area contributed by atoms with Gasteiger partial charge in [-0.05, 0) is 29.1 Å². The van der Waals surface area contributed by atoms with Crippen molar-refractivity contribution >= 4 is 17.3 Å². The monoisotopic (exact) mass is 353 g/mol. The number of aliphatic imine (C=N–C) groups is 1. The highest BCUT2D eigenvalue weighted by atomic mass is 32.1. The van der Waals surface area contributed by atoms with E-state index < -0.39 is 0 Å². The Labute approximate surface area is 153 Å². The Bertz CT molecular complexity index is 722. The number of hydrogen-bond donors (Lipinski definition) is 1. The second kappa shape index (κ2) is 8.65. The number of rotatable bonds is 4. The van der Waals surface area contributed by atoms with Crippen molar-refractivity contribution in [2.45, 2.75) is 13.1 Å². The molecule has 0 atom stereocenters. The predicted molar refractivity (Wildman–Crippen MR) is 103 cm³/mol. The maximum atomic E-state index is 8.86. The zero-order valence-electron chi connectivity index (χ0n) is 14.5. The minimum atomic E-state index is 0.690. The zero-order valence-corrected chi connectivity index (χ0v) is 15.3. The minimum absolute atomic E-state index is 0.690. The summed E-state index contributed by atoms with van der Waals surface area (Å²) in [5.74, 6) is 0.945. The van der Waals surface area contributed by atoms with Gasteiger partial charge in [-0.25, -0.2) is 0 Å². The Balaban J connectivity index is 1.48. The molecule has 2 heterocycles. The Morgan fingerprint density at radius 3 is 2.56 bits per heavy atom. The summed E-state index contributed by atoms with van der Waals surface area (Å²) in [6, 6.07) is 14.1. The van der Waals surface area contributed by atoms with Crippen LogP contribution in [0.1, 0.15) is 16.0 Å². The molecule has 1 N–H and O–H groups in total. The van der Waals surface area contributed by atoms with Crippen molar-refractivity contribution in [2.75, 3.05) is 33.2 Å². The topological polar surface area (TPSA) is 54.7 Å². The van der Waals surface area contributed by atoms with Crippen LogP contribution in [-0.2, 0) is 13.1 Å². The van der Waals surface area contributed by atoms with E-state index in [1.54, 1.807) is 0 Å². The van der Waals surface area contributed by atoms with E-state index in [0.29, 0.717) is 12.1 Å². The zero-order chi connectivity index (χ0) is 17.5. The molecule has 130 valence electrons. The summed E-state index contributed by atoms with van der Waals surface area (Å²) in [5, 5.41) is 14.4. The van der Waals surface area contributed by atoms with Gasteiger partial charge in [-0.2, -0.15) is 5.26 Å². The van der Waals surface area contributed by atoms with E-state index in [4.69, 9.17) is 5.26 Å². The van der Waals surface area contributed by atoms with Crippen LogP contribution in [0.4, 0.5) is 0 Å². The molecule has 1 aromatic heterocycles. The molecule has 0 aliphatic carbocycles. The lowest BCUT2D eigenvalue weighted by Crippen LogP contribution is -2.51. The van der Waals surface area contributed by atoms with E-state index in [2.05, 4.69) is 43.7 Å². The summed E-state index contributed by atoms with van der Waals surface area (Å²) >= 11 is 1.83. The van der Waals surface area contributed by atoms with Crippen LogP contribution in [0.5, 0.6) is 0 Å². The van der Waals surface area contributed by atoms with Crippen LogP contribution in [0.2, 0.25) is 0 Å². The van der Waals surface area contributed by atoms with Crippen molar-refractivity contribution in [1.82, 2.24) is 15.1 Å². The standard InChI is InChI=1S/C19H23N5S/c1-21-19(22-14-17-6-4-16(13-20)5-7-17)24-10-8-23(9-11-24)15-18-3-2-12-25-18/h2-7,12H,8-11,14-15H2,1H3,(H,21,22). The molecule has 1 saturated heterocycles. The number of nitrogens with zero attached hydrogens (tertiary/aromatic N) is 4. The van der Waals surface area contributed by atoms with Gasteiger partial charge < -0.3 is 10.2 Å². The Morgan fingerprint density at radius 1 is 1.20 bits per heavy atom. The third kappa shape index (κ3) is 4.81. The molecule has 1 aliphatic heterocycles. The van der Waals surface area contributed by atoms with Crippen molar-refractivity contribution in [2.24, 2.45) is 4.99 Å². The van der Waals surface area contributed by atoms with Crippen molar-refractivity contribution in [3.8, 4) is 6.07 Å². The number of thiophene rings is 1. The van der Waals surface area contributed by atoms with Gasteiger partial charge in [0.25, 0.3) is 0 Å². The van der Waals surface area contributed by atoms with Crippen LogP contribution < -0.4 is 5.32 Å². The summed E-state index contributed by atoms with van der Waals surface area (Å²) in [6.45, 7) is 5.83. The molecular formula is C19H23N5S. The highest BCUT2D eigenvalue weighted by molar-refractivity contribution is 7.09. The molecule has 0 bridgehead atoms. The van der Waals surface area contributed by atoms with Crippen LogP contribution in [0.25, 0.3) is 0 Å². The number of hydrogen-bond acceptors (Lipinski definition) is 4. The van der Waals surface area contributed by atoms with Crippen LogP contribution >= 0.6 is 11.3 Å². The third-order valence-corrected chi connectivity index (χ3v) is 5.24. The lowest BCUT2D eigenvalue weighted by Gasteiger charge is -2.36. The lowest BCUT2D eigenvalue weighted by atomic mass is 10.1. The summed E-state index contributed by atoms with van der Waals surface area (Å²) in [5.41, 5.74) is 1.84. The summed E-state index contributed by atoms with van der Waals surface area (Å²) in [4.78, 5) is 10.7. The molecule has 6 heteroatoms. The van der Waals surface area contributed by atoms with Gasteiger partial charge in [0.1, 0.15) is 0 Å². The number of guanidine groups is 1. The molecule has 0 unspecified atom stereocenters. The Kier molecular flexibility index (Phi) is 6.04. The first-order valence-electron chi connectivity index (χ1n) is 8.48. The van der Waals surface area contributed by atoms with E-state index in [0.717, 1.165) is 44.2 Å². The number of benzene rings is 1. The molecule has 25 heavy (non-hydrogen) atoms. The third-order valence-electron chi connectivity index (χ3n) is 4.38. The predicted octanol–water partition coefficient (Wildman–Crippen LogP) is 2.51. The van der Waals surface area contributed by atoms with Crippen LogP contribution in [-0.4, -0.2) is 49.0 Å². The minimum Gasteiger partial charge on any atom is -0.352 e. The van der Waals surface area contributed by atoms with Gasteiger partial charge in [0.05, 0.1) is 11.6 Å². The lowest BCUT2D eigenvalue weighted by molar-refractivity contribution is 0.173. The maximum Gasteiger partial charge on any atom is 0.194 e. The first-order valence-corrected chi connectivity index (χ1v) is 9.36. The highest BCUT2D eigenvalue weighted by Crippen LogP contribution is 2.13. The highest BCUT2D eigenvalue weighted by Gasteiger charge is 2.19. The molecule has 1 aromatic carbocycles. The van der Waals surface area contributed by atoms with E-state index in [1.807, 2.05) is 42.6 Å². The van der Waals surface area contributed by atoms with Crippen LogP contribution in [0, 0.1) is 11.3 Å². The first kappa shape index (κ1) is 17.5. The molecule has 1 aliphatic rings. The van der Waals surface area contributed by atoms with Gasteiger partial charge in [0.2, 0.25) is 0 Å². The van der Waals surface area contributed by atoms with Crippen molar-refractivity contribution < 1.29 is 0 Å². The maximum absolute atomic E-state index is 8.86. The number of piperazine rings is 1. The summed E-state index contributed by atoms with van der Waals surface area (Å²) < 4.78 is 0. The quantitative estimate of drug-likeness (QED) is 0.678. The van der Waals surface area contributed by atoms with Gasteiger partial charge in [-0.1, -0.05) is 18.2 Å². The van der Waals surface area contributed by atoms with E-state index in [1.165, 1.54) is 4.88 Å². The van der Waals surface area contributed by atoms with Crippen LogP contribution in [0.3, 0.4) is 0 Å². The Morgan fingerprint density at radius 2 is 1.96 bits per heavy atom. The molecule has 1 fully saturated rings. The fourth-order valence-electron chi connectivity index (χ4n) is 2.95. The van der Waals surface area contributed by atoms with Gasteiger partial charge in [-0.3, -0.25) is 9.89 Å². The van der Waals surface area contributed by atoms with E-state index >= 15 is 0 Å². The summed E-state index contributed by atoms with van der Waals surface area (Å²) in [7, 11) is 1.83. The largest absolute Gasteiger partial charge is 0.352 e. The van der Waals surface area contributed by atoms with Crippen molar-refractivity contribution in [3.63, 3.8) is 0 Å². The number of nitriles is 1. The summed E-state index contributed by atoms with van der Waals surface area (Å²) in [6.07, 6.45) is 0. The fraction of sp³-hybridized carbons (Fsp3) is 0.368. The molecule has 0 amide bonds. The van der Waals surface area contributed by atoms with Gasteiger partial charge in [0, 0.05) is 51.2 Å². The van der Waals surface area contributed by atoms with Crippen LogP contribution in [0.15, 0.2) is 46.8 Å². The molecule has 0 spiro atoms. The fourth-order valence-corrected chi connectivity index (χ4v) is 3.70. The van der Waals surface area contributed by atoms with E-state index in [-0.39, 0.29) is 0 Å². The van der Waals surface area contributed by atoms with Gasteiger partial charge in [0.15, 0.2) is 5.96 Å². The smallest absolute Gasteiger partial charge is 0.194 e. The van der Waals surface area contributed by atoms with Crippen molar-refractivity contribution in [3.05, 3.63) is 57.8 Å². The van der Waals surface area contributed by atoms with Gasteiger partial charge in [-0.15, -0.1) is 11.3 Å². The van der Waals surface area contributed by atoms with Gasteiger partial charge >= 0.3 is 0 Å². The SMILES string of the molecule is CN=C(NCc1ccc(C#N)cc1)N1CCN(Cc2cccs2)CC1. The molecule has 0 saturated carbocycles. The number of nitrogens with one attached hydrogen (secondary N) is 1.